The van der Waals surface area contributed by atoms with Gasteiger partial charge in [0.1, 0.15) is 6.54 Å². The van der Waals surface area contributed by atoms with Crippen LogP contribution in [-0.2, 0) is 4.79 Å². The molecule has 0 radical (unpaired) electrons. The molecule has 0 amide bonds. The summed E-state index contributed by atoms with van der Waals surface area (Å²) in [6.07, 6.45) is 0. The Morgan fingerprint density at radius 3 is 2.62 bits per heavy atom. The zero-order chi connectivity index (χ0) is 15.4. The Kier molecular flexibility index (Phi) is 5.26. The largest absolute Gasteiger partial charge is 0.480 e. The van der Waals surface area contributed by atoms with Gasteiger partial charge in [0.05, 0.1) is 6.04 Å². The first-order valence-electron chi connectivity index (χ1n) is 6.76. The van der Waals surface area contributed by atoms with Crippen molar-refractivity contribution in [1.29, 1.82) is 0 Å². The molecule has 0 bridgehead atoms. The number of benzene rings is 1. The molecule has 1 unspecified atom stereocenters. The van der Waals surface area contributed by atoms with Gasteiger partial charge in [0.2, 0.25) is 0 Å². The van der Waals surface area contributed by atoms with Gasteiger partial charge in [-0.15, -0.1) is 11.3 Å². The molecule has 0 fully saturated rings. The van der Waals surface area contributed by atoms with Gasteiger partial charge < -0.3 is 10.0 Å². The van der Waals surface area contributed by atoms with Crippen LogP contribution < -0.4 is 4.90 Å². The number of nitrogens with zero attached hydrogens (tertiary/aromatic N) is 1. The number of carbonyl (C=O) groups is 1. The van der Waals surface area contributed by atoms with E-state index in [4.69, 9.17) is 11.6 Å². The Morgan fingerprint density at radius 1 is 1.33 bits per heavy atom. The van der Waals surface area contributed by atoms with Crippen molar-refractivity contribution in [1.82, 2.24) is 0 Å². The summed E-state index contributed by atoms with van der Waals surface area (Å²) in [6.45, 7) is 4.15. The standard InChI is InChI=1S/C16H18ClNO2S/c1-11(2)16(14-7-4-8-21-14)18(10-15(19)20)13-6-3-5-12(17)9-13/h3-9,11,16H,10H2,1-2H3,(H,19,20). The van der Waals surface area contributed by atoms with Crippen molar-refractivity contribution >= 4 is 34.6 Å². The van der Waals surface area contributed by atoms with Crippen LogP contribution in [0.2, 0.25) is 5.02 Å². The van der Waals surface area contributed by atoms with E-state index in [1.165, 1.54) is 0 Å². The lowest BCUT2D eigenvalue weighted by Gasteiger charge is -2.34. The van der Waals surface area contributed by atoms with E-state index in [1.54, 1.807) is 17.4 Å². The lowest BCUT2D eigenvalue weighted by molar-refractivity contribution is -0.135. The third kappa shape index (κ3) is 3.99. The molecule has 2 rings (SSSR count). The van der Waals surface area contributed by atoms with Crippen LogP contribution in [0.4, 0.5) is 5.69 Å². The number of hydrogen-bond acceptors (Lipinski definition) is 3. The van der Waals surface area contributed by atoms with Crippen molar-refractivity contribution < 1.29 is 9.90 Å². The van der Waals surface area contributed by atoms with Crippen LogP contribution in [0.5, 0.6) is 0 Å². The molecule has 0 saturated heterocycles. The van der Waals surface area contributed by atoms with Gasteiger partial charge in [-0.1, -0.05) is 37.6 Å². The molecule has 3 nitrogen and oxygen atoms in total. The van der Waals surface area contributed by atoms with Gasteiger partial charge in [0.15, 0.2) is 0 Å². The van der Waals surface area contributed by atoms with Gasteiger partial charge in [-0.2, -0.15) is 0 Å². The number of rotatable bonds is 6. The van der Waals surface area contributed by atoms with Crippen LogP contribution in [0.25, 0.3) is 0 Å². The van der Waals surface area contributed by atoms with Gasteiger partial charge in [-0.25, -0.2) is 0 Å². The van der Waals surface area contributed by atoms with Gasteiger partial charge in [-0.05, 0) is 35.6 Å². The lowest BCUT2D eigenvalue weighted by atomic mass is 10.00. The predicted molar refractivity (Wildman–Crippen MR) is 88.3 cm³/mol. The van der Waals surface area contributed by atoms with E-state index in [0.717, 1.165) is 10.6 Å². The molecular formula is C16H18ClNO2S. The number of carboxylic acid groups (broad SMARTS) is 1. The van der Waals surface area contributed by atoms with Crippen molar-refractivity contribution in [3.05, 3.63) is 51.7 Å². The van der Waals surface area contributed by atoms with Crippen LogP contribution >= 0.6 is 22.9 Å². The molecule has 21 heavy (non-hydrogen) atoms. The minimum absolute atomic E-state index is 0.0135. The van der Waals surface area contributed by atoms with Crippen LogP contribution in [0.3, 0.4) is 0 Å². The predicted octanol–water partition coefficient (Wildman–Crippen LogP) is 4.69. The van der Waals surface area contributed by atoms with Crippen LogP contribution in [-0.4, -0.2) is 17.6 Å². The Hall–Kier alpha value is -1.52. The second kappa shape index (κ2) is 6.96. The number of hydrogen-bond donors (Lipinski definition) is 1. The molecule has 1 aromatic carbocycles. The molecule has 0 aliphatic carbocycles. The third-order valence-electron chi connectivity index (χ3n) is 3.25. The first-order chi connectivity index (χ1) is 9.99. The average Bonchev–Trinajstić information content (AvgIpc) is 2.91. The molecule has 0 aliphatic rings. The summed E-state index contributed by atoms with van der Waals surface area (Å²) in [4.78, 5) is 14.4. The third-order valence-corrected chi connectivity index (χ3v) is 4.43. The van der Waals surface area contributed by atoms with E-state index in [-0.39, 0.29) is 18.5 Å². The zero-order valence-corrected chi connectivity index (χ0v) is 13.6. The van der Waals surface area contributed by atoms with Gasteiger partial charge in [0, 0.05) is 15.6 Å². The van der Waals surface area contributed by atoms with Gasteiger partial charge in [0.25, 0.3) is 0 Å². The first kappa shape index (κ1) is 15.9. The molecule has 0 saturated carbocycles. The molecule has 2 aromatic rings. The molecule has 0 aliphatic heterocycles. The number of halogens is 1. The van der Waals surface area contributed by atoms with Crippen molar-refractivity contribution in [3.63, 3.8) is 0 Å². The zero-order valence-electron chi connectivity index (χ0n) is 12.0. The maximum absolute atomic E-state index is 11.3. The fourth-order valence-corrected chi connectivity index (χ4v) is 3.65. The number of carboxylic acids is 1. The summed E-state index contributed by atoms with van der Waals surface area (Å²) in [5.74, 6) is -0.570. The summed E-state index contributed by atoms with van der Waals surface area (Å²) in [7, 11) is 0. The van der Waals surface area contributed by atoms with Crippen molar-refractivity contribution in [3.8, 4) is 0 Å². The highest BCUT2D eigenvalue weighted by Crippen LogP contribution is 2.35. The van der Waals surface area contributed by atoms with Crippen LogP contribution in [0.15, 0.2) is 41.8 Å². The van der Waals surface area contributed by atoms with Crippen LogP contribution in [0, 0.1) is 5.92 Å². The summed E-state index contributed by atoms with van der Waals surface area (Å²) in [6, 6.07) is 11.4. The summed E-state index contributed by atoms with van der Waals surface area (Å²) in [5.41, 5.74) is 0.831. The maximum atomic E-state index is 11.3. The number of aliphatic carboxylic acids is 1. The molecule has 112 valence electrons. The van der Waals surface area contributed by atoms with Crippen molar-refractivity contribution in [2.45, 2.75) is 19.9 Å². The molecule has 1 N–H and O–H groups in total. The molecule has 5 heteroatoms. The lowest BCUT2D eigenvalue weighted by Crippen LogP contribution is -2.36. The highest BCUT2D eigenvalue weighted by atomic mass is 35.5. The highest BCUT2D eigenvalue weighted by Gasteiger charge is 2.26. The Labute approximate surface area is 133 Å². The molecule has 1 aromatic heterocycles. The normalized spacial score (nSPS) is 12.4. The molecule has 1 atom stereocenters. The van der Waals surface area contributed by atoms with E-state index < -0.39 is 5.97 Å². The Bertz CT molecular complexity index is 598. The fourth-order valence-electron chi connectivity index (χ4n) is 2.45. The van der Waals surface area contributed by atoms with E-state index in [9.17, 15) is 9.90 Å². The second-order valence-electron chi connectivity index (χ2n) is 5.21. The van der Waals surface area contributed by atoms with E-state index in [2.05, 4.69) is 19.9 Å². The molecule has 1 heterocycles. The van der Waals surface area contributed by atoms with Crippen LogP contribution in [0.1, 0.15) is 24.8 Å². The quantitative estimate of drug-likeness (QED) is 0.838. The topological polar surface area (TPSA) is 40.5 Å². The van der Waals surface area contributed by atoms with Gasteiger partial charge >= 0.3 is 5.97 Å². The van der Waals surface area contributed by atoms with Crippen molar-refractivity contribution in [2.24, 2.45) is 5.92 Å². The average molecular weight is 324 g/mol. The van der Waals surface area contributed by atoms with E-state index >= 15 is 0 Å². The monoisotopic (exact) mass is 323 g/mol. The minimum Gasteiger partial charge on any atom is -0.480 e. The number of anilines is 1. The van der Waals surface area contributed by atoms with E-state index in [0.29, 0.717) is 5.02 Å². The highest BCUT2D eigenvalue weighted by molar-refractivity contribution is 7.10. The second-order valence-corrected chi connectivity index (χ2v) is 6.62. The van der Waals surface area contributed by atoms with Crippen molar-refractivity contribution in [2.75, 3.05) is 11.4 Å². The Morgan fingerprint density at radius 2 is 2.10 bits per heavy atom. The smallest absolute Gasteiger partial charge is 0.323 e. The summed E-state index contributed by atoms with van der Waals surface area (Å²) >= 11 is 7.71. The molecule has 0 spiro atoms. The Balaban J connectivity index is 2.44. The number of thiophene rings is 1. The molecular weight excluding hydrogens is 306 g/mol. The SMILES string of the molecule is CC(C)C(c1cccs1)N(CC(=O)O)c1cccc(Cl)c1. The first-order valence-corrected chi connectivity index (χ1v) is 8.02. The van der Waals surface area contributed by atoms with Gasteiger partial charge in [-0.3, -0.25) is 4.79 Å². The summed E-state index contributed by atoms with van der Waals surface area (Å²) in [5, 5.41) is 11.9. The minimum atomic E-state index is -0.850. The maximum Gasteiger partial charge on any atom is 0.323 e. The fraction of sp³-hybridized carbons (Fsp3) is 0.312. The summed E-state index contributed by atoms with van der Waals surface area (Å²) < 4.78 is 0. The van der Waals surface area contributed by atoms with E-state index in [1.807, 2.05) is 34.5 Å².